The van der Waals surface area contributed by atoms with E-state index in [4.69, 9.17) is 0 Å². The highest BCUT2D eigenvalue weighted by Crippen LogP contribution is 2.33. The van der Waals surface area contributed by atoms with E-state index in [9.17, 15) is 10.2 Å². The van der Waals surface area contributed by atoms with Gasteiger partial charge in [0, 0.05) is 0 Å². The Balaban J connectivity index is 2.58. The van der Waals surface area contributed by atoms with E-state index < -0.39 is 12.2 Å². The molecule has 1 saturated carbocycles. The van der Waals surface area contributed by atoms with Gasteiger partial charge in [0.25, 0.3) is 0 Å². The van der Waals surface area contributed by atoms with Gasteiger partial charge in [0.2, 0.25) is 0 Å². The lowest BCUT2D eigenvalue weighted by molar-refractivity contribution is -0.0832. The second-order valence-corrected chi connectivity index (χ2v) is 4.44. The van der Waals surface area contributed by atoms with Crippen molar-refractivity contribution >= 4 is 0 Å². The van der Waals surface area contributed by atoms with Gasteiger partial charge < -0.3 is 10.2 Å². The SMILES string of the molecule is CC(C)[C@@H]1CC[C@@H](C)[C@H](O)[C@@H]1O. The second kappa shape index (κ2) is 3.75. The smallest absolute Gasteiger partial charge is 0.0832 e. The van der Waals surface area contributed by atoms with Crippen molar-refractivity contribution in [2.45, 2.75) is 45.8 Å². The predicted molar refractivity (Wildman–Crippen MR) is 48.7 cm³/mol. The van der Waals surface area contributed by atoms with E-state index in [0.717, 1.165) is 12.8 Å². The Hall–Kier alpha value is -0.0800. The van der Waals surface area contributed by atoms with Crippen LogP contribution in [0.1, 0.15) is 33.6 Å². The highest BCUT2D eigenvalue weighted by atomic mass is 16.3. The lowest BCUT2D eigenvalue weighted by Crippen LogP contribution is -2.44. The molecule has 1 aliphatic carbocycles. The molecule has 0 aromatic rings. The zero-order chi connectivity index (χ0) is 9.30. The Morgan fingerprint density at radius 3 is 2.17 bits per heavy atom. The summed E-state index contributed by atoms with van der Waals surface area (Å²) >= 11 is 0. The molecule has 2 nitrogen and oxygen atoms in total. The van der Waals surface area contributed by atoms with Gasteiger partial charge >= 0.3 is 0 Å². The fourth-order valence-corrected chi connectivity index (χ4v) is 2.11. The van der Waals surface area contributed by atoms with Crippen LogP contribution in [0.15, 0.2) is 0 Å². The minimum Gasteiger partial charge on any atom is -0.390 e. The van der Waals surface area contributed by atoms with Gasteiger partial charge in [0.1, 0.15) is 0 Å². The zero-order valence-corrected chi connectivity index (χ0v) is 8.20. The molecule has 0 aromatic carbocycles. The topological polar surface area (TPSA) is 40.5 Å². The van der Waals surface area contributed by atoms with Gasteiger partial charge in [-0.25, -0.2) is 0 Å². The third-order valence-corrected chi connectivity index (χ3v) is 3.18. The minimum absolute atomic E-state index is 0.259. The molecule has 0 spiro atoms. The van der Waals surface area contributed by atoms with Crippen molar-refractivity contribution in [1.82, 2.24) is 0 Å². The van der Waals surface area contributed by atoms with Crippen molar-refractivity contribution in [1.29, 1.82) is 0 Å². The van der Waals surface area contributed by atoms with Crippen LogP contribution in [0.5, 0.6) is 0 Å². The van der Waals surface area contributed by atoms with E-state index in [-0.39, 0.29) is 11.8 Å². The monoisotopic (exact) mass is 172 g/mol. The summed E-state index contributed by atoms with van der Waals surface area (Å²) in [6.45, 7) is 6.22. The van der Waals surface area contributed by atoms with Crippen LogP contribution in [0, 0.1) is 17.8 Å². The highest BCUT2D eigenvalue weighted by Gasteiger charge is 2.36. The van der Waals surface area contributed by atoms with E-state index in [1.165, 1.54) is 0 Å². The molecule has 0 heterocycles. The Bertz CT molecular complexity index is 145. The number of hydrogen-bond donors (Lipinski definition) is 2. The van der Waals surface area contributed by atoms with Crippen LogP contribution in [0.4, 0.5) is 0 Å². The molecule has 0 unspecified atom stereocenters. The summed E-state index contributed by atoms with van der Waals surface area (Å²) in [6.07, 6.45) is 1.08. The lowest BCUT2D eigenvalue weighted by Gasteiger charge is -2.38. The van der Waals surface area contributed by atoms with Crippen LogP contribution in [0.25, 0.3) is 0 Å². The number of hydrogen-bond acceptors (Lipinski definition) is 2. The minimum atomic E-state index is -0.508. The molecule has 2 heteroatoms. The first-order valence-electron chi connectivity index (χ1n) is 4.90. The van der Waals surface area contributed by atoms with Gasteiger partial charge in [-0.05, 0) is 30.6 Å². The number of rotatable bonds is 1. The molecule has 1 fully saturated rings. The summed E-state index contributed by atoms with van der Waals surface area (Å²) in [4.78, 5) is 0. The van der Waals surface area contributed by atoms with Crippen LogP contribution >= 0.6 is 0 Å². The average molecular weight is 172 g/mol. The van der Waals surface area contributed by atoms with Crippen LogP contribution in [0.2, 0.25) is 0 Å². The molecule has 0 aromatic heterocycles. The summed E-state index contributed by atoms with van der Waals surface area (Å²) in [5.74, 6) is 1.02. The second-order valence-electron chi connectivity index (χ2n) is 4.44. The van der Waals surface area contributed by atoms with Crippen LogP contribution in [0.3, 0.4) is 0 Å². The standard InChI is InChI=1S/C10H20O2/c1-6(2)8-5-4-7(3)9(11)10(8)12/h6-12H,4-5H2,1-3H3/t7-,8+,9+,10-/m1/s1. The van der Waals surface area contributed by atoms with Crippen molar-refractivity contribution in [2.75, 3.05) is 0 Å². The van der Waals surface area contributed by atoms with E-state index in [1.54, 1.807) is 0 Å². The fraction of sp³-hybridized carbons (Fsp3) is 1.00. The molecule has 12 heavy (non-hydrogen) atoms. The first-order chi connectivity index (χ1) is 5.54. The maximum absolute atomic E-state index is 9.73. The number of aliphatic hydroxyl groups excluding tert-OH is 2. The molecular weight excluding hydrogens is 152 g/mol. The molecule has 4 atom stereocenters. The first kappa shape index (κ1) is 10.0. The molecule has 0 bridgehead atoms. The molecule has 1 aliphatic rings. The van der Waals surface area contributed by atoms with E-state index in [2.05, 4.69) is 13.8 Å². The van der Waals surface area contributed by atoms with Crippen LogP contribution < -0.4 is 0 Å². The normalized spacial score (nSPS) is 43.5. The predicted octanol–water partition coefficient (Wildman–Crippen LogP) is 1.41. The maximum Gasteiger partial charge on any atom is 0.0832 e. The first-order valence-corrected chi connectivity index (χ1v) is 4.90. The Morgan fingerprint density at radius 1 is 1.08 bits per heavy atom. The van der Waals surface area contributed by atoms with E-state index in [0.29, 0.717) is 5.92 Å². The van der Waals surface area contributed by atoms with Gasteiger partial charge in [0.05, 0.1) is 12.2 Å². The quantitative estimate of drug-likeness (QED) is 0.628. The van der Waals surface area contributed by atoms with E-state index >= 15 is 0 Å². The Morgan fingerprint density at radius 2 is 1.67 bits per heavy atom. The summed E-state index contributed by atoms with van der Waals surface area (Å²) in [5, 5.41) is 19.3. The van der Waals surface area contributed by atoms with Crippen molar-refractivity contribution < 1.29 is 10.2 Å². The summed E-state index contributed by atoms with van der Waals surface area (Å²) < 4.78 is 0. The average Bonchev–Trinajstić information content (AvgIpc) is 2.00. The molecule has 0 radical (unpaired) electrons. The summed E-state index contributed by atoms with van der Waals surface area (Å²) in [5.41, 5.74) is 0. The Kier molecular flexibility index (Phi) is 3.13. The van der Waals surface area contributed by atoms with Gasteiger partial charge in [-0.3, -0.25) is 0 Å². The molecule has 2 N–H and O–H groups in total. The summed E-state index contributed by atoms with van der Waals surface area (Å²) in [7, 11) is 0. The molecule has 1 rings (SSSR count). The van der Waals surface area contributed by atoms with Gasteiger partial charge in [-0.15, -0.1) is 0 Å². The van der Waals surface area contributed by atoms with Gasteiger partial charge in [-0.1, -0.05) is 20.8 Å². The molecule has 0 aliphatic heterocycles. The fourth-order valence-electron chi connectivity index (χ4n) is 2.11. The highest BCUT2D eigenvalue weighted by molar-refractivity contribution is 4.86. The molecule has 72 valence electrons. The van der Waals surface area contributed by atoms with Crippen molar-refractivity contribution in [3.63, 3.8) is 0 Å². The van der Waals surface area contributed by atoms with E-state index in [1.807, 2.05) is 6.92 Å². The van der Waals surface area contributed by atoms with Crippen molar-refractivity contribution in [3.8, 4) is 0 Å². The maximum atomic E-state index is 9.73. The zero-order valence-electron chi connectivity index (χ0n) is 8.20. The molecule has 0 saturated heterocycles. The lowest BCUT2D eigenvalue weighted by atomic mass is 9.74. The summed E-state index contributed by atoms with van der Waals surface area (Å²) in [6, 6.07) is 0. The number of aliphatic hydroxyl groups is 2. The van der Waals surface area contributed by atoms with Crippen LogP contribution in [-0.4, -0.2) is 22.4 Å². The van der Waals surface area contributed by atoms with Crippen molar-refractivity contribution in [3.05, 3.63) is 0 Å². The van der Waals surface area contributed by atoms with Crippen LogP contribution in [-0.2, 0) is 0 Å². The molecular formula is C10H20O2. The van der Waals surface area contributed by atoms with Gasteiger partial charge in [-0.2, -0.15) is 0 Å². The molecule has 0 amide bonds. The largest absolute Gasteiger partial charge is 0.390 e. The van der Waals surface area contributed by atoms with Gasteiger partial charge in [0.15, 0.2) is 0 Å². The van der Waals surface area contributed by atoms with Crippen molar-refractivity contribution in [2.24, 2.45) is 17.8 Å². The third kappa shape index (κ3) is 1.80. The third-order valence-electron chi connectivity index (χ3n) is 3.18. The Labute approximate surface area is 74.6 Å².